The summed E-state index contributed by atoms with van der Waals surface area (Å²) in [5, 5.41) is 0. The topological polar surface area (TPSA) is 53.6 Å². The van der Waals surface area contributed by atoms with Crippen LogP contribution in [0, 0.1) is 0 Å². The molecule has 0 radical (unpaired) electrons. The SMILES string of the molecule is CCN(C(=NC)NN)C(C)(C)C. The summed E-state index contributed by atoms with van der Waals surface area (Å²) in [4.78, 5) is 6.15. The molecule has 0 unspecified atom stereocenters. The van der Waals surface area contributed by atoms with Crippen molar-refractivity contribution >= 4 is 5.96 Å². The fourth-order valence-corrected chi connectivity index (χ4v) is 1.20. The van der Waals surface area contributed by atoms with Gasteiger partial charge in [-0.25, -0.2) is 5.84 Å². The third-order valence-corrected chi connectivity index (χ3v) is 1.72. The highest BCUT2D eigenvalue weighted by Crippen LogP contribution is 2.11. The van der Waals surface area contributed by atoms with E-state index in [-0.39, 0.29) is 5.54 Å². The van der Waals surface area contributed by atoms with E-state index in [0.717, 1.165) is 12.5 Å². The standard InChI is InChI=1S/C8H20N4/c1-6-12(8(2,3)4)7(10-5)11-9/h6,9H2,1-5H3,(H,10,11). The molecule has 12 heavy (non-hydrogen) atoms. The van der Waals surface area contributed by atoms with Gasteiger partial charge in [-0.05, 0) is 27.7 Å². The van der Waals surface area contributed by atoms with E-state index in [1.807, 2.05) is 0 Å². The first kappa shape index (κ1) is 11.2. The summed E-state index contributed by atoms with van der Waals surface area (Å²) in [6.45, 7) is 9.34. The van der Waals surface area contributed by atoms with Gasteiger partial charge in [0.25, 0.3) is 0 Å². The van der Waals surface area contributed by atoms with Crippen molar-refractivity contribution in [1.82, 2.24) is 10.3 Å². The number of nitrogens with two attached hydrogens (primary N) is 1. The predicted molar refractivity (Wildman–Crippen MR) is 52.8 cm³/mol. The first-order chi connectivity index (χ1) is 5.47. The van der Waals surface area contributed by atoms with Crippen LogP contribution >= 0.6 is 0 Å². The Labute approximate surface area is 74.8 Å². The van der Waals surface area contributed by atoms with E-state index in [4.69, 9.17) is 5.84 Å². The lowest BCUT2D eigenvalue weighted by Gasteiger charge is -2.36. The zero-order valence-electron chi connectivity index (χ0n) is 8.68. The number of hydrazine groups is 1. The minimum atomic E-state index is 0.0516. The van der Waals surface area contributed by atoms with Gasteiger partial charge in [0, 0.05) is 19.1 Å². The maximum absolute atomic E-state index is 5.33. The minimum Gasteiger partial charge on any atom is -0.337 e. The summed E-state index contributed by atoms with van der Waals surface area (Å²) in [5.74, 6) is 6.06. The normalized spacial score (nSPS) is 13.0. The molecule has 72 valence electrons. The summed E-state index contributed by atoms with van der Waals surface area (Å²) in [5.41, 5.74) is 2.64. The van der Waals surface area contributed by atoms with E-state index in [2.05, 4.69) is 43.0 Å². The Kier molecular flexibility index (Phi) is 4.03. The predicted octanol–water partition coefficient (Wildman–Crippen LogP) is 0.556. The molecule has 3 N–H and O–H groups in total. The number of aliphatic imine (C=N–C) groups is 1. The maximum atomic E-state index is 5.33. The lowest BCUT2D eigenvalue weighted by molar-refractivity contribution is 0.239. The highest BCUT2D eigenvalue weighted by molar-refractivity contribution is 5.79. The largest absolute Gasteiger partial charge is 0.337 e. The molecule has 0 aliphatic heterocycles. The van der Waals surface area contributed by atoms with Gasteiger partial charge in [0.05, 0.1) is 0 Å². The summed E-state index contributed by atoms with van der Waals surface area (Å²) in [7, 11) is 1.73. The second kappa shape index (κ2) is 4.30. The van der Waals surface area contributed by atoms with Crippen molar-refractivity contribution < 1.29 is 0 Å². The summed E-state index contributed by atoms with van der Waals surface area (Å²) >= 11 is 0. The number of guanidine groups is 1. The molecule has 0 rings (SSSR count). The zero-order chi connectivity index (χ0) is 9.78. The van der Waals surface area contributed by atoms with E-state index < -0.39 is 0 Å². The highest BCUT2D eigenvalue weighted by atomic mass is 15.4. The van der Waals surface area contributed by atoms with Crippen molar-refractivity contribution in [3.63, 3.8) is 0 Å². The van der Waals surface area contributed by atoms with Gasteiger partial charge >= 0.3 is 0 Å². The Bertz CT molecular complexity index is 157. The van der Waals surface area contributed by atoms with Crippen molar-refractivity contribution in [3.05, 3.63) is 0 Å². The number of nitrogens with zero attached hydrogens (tertiary/aromatic N) is 2. The van der Waals surface area contributed by atoms with Crippen LogP contribution in [-0.2, 0) is 0 Å². The first-order valence-corrected chi connectivity index (χ1v) is 4.18. The fourth-order valence-electron chi connectivity index (χ4n) is 1.20. The van der Waals surface area contributed by atoms with Crippen LogP contribution in [0.25, 0.3) is 0 Å². The van der Waals surface area contributed by atoms with Crippen LogP contribution in [0.4, 0.5) is 0 Å². The van der Waals surface area contributed by atoms with Gasteiger partial charge in [0.2, 0.25) is 5.96 Å². The van der Waals surface area contributed by atoms with Gasteiger partial charge in [0.1, 0.15) is 0 Å². The number of nitrogens with one attached hydrogen (secondary N) is 1. The molecule has 0 fully saturated rings. The molecular weight excluding hydrogens is 152 g/mol. The molecule has 0 saturated carbocycles. The smallest absolute Gasteiger partial charge is 0.208 e. The molecule has 0 atom stereocenters. The average molecular weight is 172 g/mol. The van der Waals surface area contributed by atoms with Gasteiger partial charge in [-0.3, -0.25) is 10.4 Å². The van der Waals surface area contributed by atoms with Gasteiger partial charge in [0.15, 0.2) is 0 Å². The van der Waals surface area contributed by atoms with E-state index in [1.165, 1.54) is 0 Å². The number of hydrogen-bond acceptors (Lipinski definition) is 2. The quantitative estimate of drug-likeness (QED) is 0.263. The third kappa shape index (κ3) is 2.70. The Morgan fingerprint density at radius 3 is 2.08 bits per heavy atom. The molecule has 0 bridgehead atoms. The van der Waals surface area contributed by atoms with Crippen molar-refractivity contribution in [1.29, 1.82) is 0 Å². The lowest BCUT2D eigenvalue weighted by atomic mass is 10.1. The summed E-state index contributed by atoms with van der Waals surface area (Å²) in [6.07, 6.45) is 0. The molecule has 0 aromatic rings. The van der Waals surface area contributed by atoms with Crippen LogP contribution in [0.2, 0.25) is 0 Å². The molecule has 0 aliphatic carbocycles. The summed E-state index contributed by atoms with van der Waals surface area (Å²) < 4.78 is 0. The molecule has 0 aromatic heterocycles. The van der Waals surface area contributed by atoms with E-state index in [0.29, 0.717) is 0 Å². The van der Waals surface area contributed by atoms with Crippen LogP contribution in [0.3, 0.4) is 0 Å². The van der Waals surface area contributed by atoms with E-state index >= 15 is 0 Å². The molecule has 4 nitrogen and oxygen atoms in total. The van der Waals surface area contributed by atoms with Crippen molar-refractivity contribution in [2.24, 2.45) is 10.8 Å². The molecular formula is C8H20N4. The highest BCUT2D eigenvalue weighted by Gasteiger charge is 2.21. The van der Waals surface area contributed by atoms with Gasteiger partial charge < -0.3 is 4.90 Å². The molecule has 4 heteroatoms. The second-order valence-electron chi connectivity index (χ2n) is 3.61. The van der Waals surface area contributed by atoms with Crippen LogP contribution < -0.4 is 11.3 Å². The van der Waals surface area contributed by atoms with Crippen LogP contribution in [0.1, 0.15) is 27.7 Å². The molecule has 0 amide bonds. The lowest BCUT2D eigenvalue weighted by Crippen LogP contribution is -2.53. The monoisotopic (exact) mass is 172 g/mol. The molecule has 0 aromatic carbocycles. The second-order valence-corrected chi connectivity index (χ2v) is 3.61. The van der Waals surface area contributed by atoms with Crippen LogP contribution in [0.5, 0.6) is 0 Å². The van der Waals surface area contributed by atoms with E-state index in [9.17, 15) is 0 Å². The first-order valence-electron chi connectivity index (χ1n) is 4.18. The Hall–Kier alpha value is -0.770. The van der Waals surface area contributed by atoms with Crippen molar-refractivity contribution in [3.8, 4) is 0 Å². The van der Waals surface area contributed by atoms with Crippen molar-refractivity contribution in [2.75, 3.05) is 13.6 Å². The van der Waals surface area contributed by atoms with Crippen molar-refractivity contribution in [2.45, 2.75) is 33.2 Å². The molecule has 0 spiro atoms. The minimum absolute atomic E-state index is 0.0516. The van der Waals surface area contributed by atoms with Crippen LogP contribution in [-0.4, -0.2) is 30.0 Å². The average Bonchev–Trinajstić information content (AvgIpc) is 1.97. The van der Waals surface area contributed by atoms with Gasteiger partial charge in [-0.15, -0.1) is 0 Å². The fraction of sp³-hybridized carbons (Fsp3) is 0.875. The van der Waals surface area contributed by atoms with E-state index in [1.54, 1.807) is 7.05 Å². The zero-order valence-corrected chi connectivity index (χ0v) is 8.68. The maximum Gasteiger partial charge on any atom is 0.208 e. The molecule has 0 aliphatic rings. The number of hydrogen-bond donors (Lipinski definition) is 2. The van der Waals surface area contributed by atoms with Crippen LogP contribution in [0.15, 0.2) is 4.99 Å². The molecule has 0 heterocycles. The summed E-state index contributed by atoms with van der Waals surface area (Å²) in [6, 6.07) is 0. The van der Waals surface area contributed by atoms with Gasteiger partial charge in [-0.1, -0.05) is 0 Å². The van der Waals surface area contributed by atoms with Gasteiger partial charge in [-0.2, -0.15) is 0 Å². The third-order valence-electron chi connectivity index (χ3n) is 1.72. The molecule has 0 saturated heterocycles. The Balaban J connectivity index is 4.55. The Morgan fingerprint density at radius 1 is 1.50 bits per heavy atom. The Morgan fingerprint density at radius 2 is 2.00 bits per heavy atom. The number of rotatable bonds is 1.